The monoisotopic (exact) mass is 331 g/mol. The maximum absolute atomic E-state index is 5.94. The molecule has 3 heterocycles. The molecule has 0 bridgehead atoms. The SMILES string of the molecule is COc1nc(-n2nc(C)c(N)c2N)nc(-n2nc(C)c(N)c2N)n1. The van der Waals surface area contributed by atoms with Gasteiger partial charge in [-0.2, -0.15) is 34.5 Å². The fourth-order valence-electron chi connectivity index (χ4n) is 2.04. The fraction of sp³-hybridized carbons (Fsp3) is 0.250. The van der Waals surface area contributed by atoms with E-state index in [1.165, 1.54) is 16.5 Å². The summed E-state index contributed by atoms with van der Waals surface area (Å²) in [5.41, 5.74) is 25.3. The van der Waals surface area contributed by atoms with E-state index in [-0.39, 0.29) is 29.5 Å². The molecule has 0 spiro atoms. The quantitative estimate of drug-likeness (QED) is 0.472. The number of rotatable bonds is 3. The van der Waals surface area contributed by atoms with Crippen molar-refractivity contribution in [3.8, 4) is 17.9 Å². The van der Waals surface area contributed by atoms with Crippen LogP contribution < -0.4 is 27.7 Å². The fourth-order valence-corrected chi connectivity index (χ4v) is 2.04. The molecule has 0 aromatic carbocycles. The summed E-state index contributed by atoms with van der Waals surface area (Å²) >= 11 is 0. The molecule has 8 N–H and O–H groups in total. The Labute approximate surface area is 136 Å². The van der Waals surface area contributed by atoms with Gasteiger partial charge in [0.05, 0.1) is 29.9 Å². The number of nitrogen functional groups attached to an aromatic ring is 4. The molecule has 12 nitrogen and oxygen atoms in total. The van der Waals surface area contributed by atoms with E-state index >= 15 is 0 Å². The molecule has 0 unspecified atom stereocenters. The molecule has 0 aliphatic carbocycles. The first kappa shape index (κ1) is 15.3. The van der Waals surface area contributed by atoms with Crippen molar-refractivity contribution < 1.29 is 4.74 Å². The molecule has 3 rings (SSSR count). The van der Waals surface area contributed by atoms with E-state index in [1.807, 2.05) is 0 Å². The molecular formula is C12H17N11O. The number of methoxy groups -OCH3 is 1. The summed E-state index contributed by atoms with van der Waals surface area (Å²) in [7, 11) is 1.42. The van der Waals surface area contributed by atoms with E-state index in [1.54, 1.807) is 13.8 Å². The van der Waals surface area contributed by atoms with Crippen LogP contribution in [-0.4, -0.2) is 41.6 Å². The van der Waals surface area contributed by atoms with Gasteiger partial charge in [-0.25, -0.2) is 0 Å². The van der Waals surface area contributed by atoms with Crippen molar-refractivity contribution in [3.05, 3.63) is 11.4 Å². The summed E-state index contributed by atoms with van der Waals surface area (Å²) in [6.45, 7) is 3.44. The van der Waals surface area contributed by atoms with Gasteiger partial charge < -0.3 is 27.7 Å². The highest BCUT2D eigenvalue weighted by Crippen LogP contribution is 2.24. The van der Waals surface area contributed by atoms with Crippen molar-refractivity contribution in [1.29, 1.82) is 0 Å². The molecule has 3 aromatic heterocycles. The number of nitrogens with two attached hydrogens (primary N) is 4. The van der Waals surface area contributed by atoms with Gasteiger partial charge in [0.2, 0.25) is 0 Å². The Morgan fingerprint density at radius 3 is 1.46 bits per heavy atom. The molecule has 3 aromatic rings. The van der Waals surface area contributed by atoms with Gasteiger partial charge >= 0.3 is 6.01 Å². The third-order valence-corrected chi connectivity index (χ3v) is 3.44. The molecule has 126 valence electrons. The maximum Gasteiger partial charge on any atom is 0.322 e. The highest BCUT2D eigenvalue weighted by molar-refractivity contribution is 5.64. The lowest BCUT2D eigenvalue weighted by Crippen LogP contribution is -2.14. The minimum Gasteiger partial charge on any atom is -0.467 e. The lowest BCUT2D eigenvalue weighted by molar-refractivity contribution is 0.375. The summed E-state index contributed by atoms with van der Waals surface area (Å²) in [5, 5.41) is 8.42. The van der Waals surface area contributed by atoms with Crippen molar-refractivity contribution >= 4 is 23.0 Å². The van der Waals surface area contributed by atoms with E-state index in [4.69, 9.17) is 27.7 Å². The highest BCUT2D eigenvalue weighted by Gasteiger charge is 2.19. The van der Waals surface area contributed by atoms with Gasteiger partial charge in [0.1, 0.15) is 0 Å². The molecule has 0 radical (unpaired) electrons. The van der Waals surface area contributed by atoms with Crippen LogP contribution in [0.5, 0.6) is 6.01 Å². The van der Waals surface area contributed by atoms with Crippen LogP contribution in [0.15, 0.2) is 0 Å². The van der Waals surface area contributed by atoms with Crippen molar-refractivity contribution in [2.75, 3.05) is 30.0 Å². The minimum absolute atomic E-state index is 0.0345. The van der Waals surface area contributed by atoms with Gasteiger partial charge in [-0.05, 0) is 13.8 Å². The van der Waals surface area contributed by atoms with Crippen LogP contribution in [0.1, 0.15) is 11.4 Å². The highest BCUT2D eigenvalue weighted by atomic mass is 16.5. The Hall–Kier alpha value is -3.57. The van der Waals surface area contributed by atoms with E-state index in [9.17, 15) is 0 Å². The van der Waals surface area contributed by atoms with Gasteiger partial charge in [-0.3, -0.25) is 0 Å². The van der Waals surface area contributed by atoms with Crippen LogP contribution in [0, 0.1) is 13.8 Å². The Morgan fingerprint density at radius 1 is 0.750 bits per heavy atom. The van der Waals surface area contributed by atoms with E-state index < -0.39 is 0 Å². The van der Waals surface area contributed by atoms with Crippen LogP contribution in [0.25, 0.3) is 11.9 Å². The number of nitrogens with zero attached hydrogens (tertiary/aromatic N) is 7. The Kier molecular flexibility index (Phi) is 3.36. The lowest BCUT2D eigenvalue weighted by Gasteiger charge is -2.08. The molecule has 0 amide bonds. The average Bonchev–Trinajstić information content (AvgIpc) is 2.99. The zero-order chi connectivity index (χ0) is 17.6. The van der Waals surface area contributed by atoms with Gasteiger partial charge in [0.15, 0.2) is 11.6 Å². The summed E-state index contributed by atoms with van der Waals surface area (Å²) in [5.74, 6) is 0.632. The zero-order valence-electron chi connectivity index (χ0n) is 13.3. The third-order valence-electron chi connectivity index (χ3n) is 3.44. The maximum atomic E-state index is 5.94. The molecule has 0 fully saturated rings. The molecule has 0 aliphatic rings. The second-order valence-corrected chi connectivity index (χ2v) is 5.01. The van der Waals surface area contributed by atoms with Crippen LogP contribution in [0.2, 0.25) is 0 Å². The minimum atomic E-state index is 0.0345. The van der Waals surface area contributed by atoms with Crippen LogP contribution >= 0.6 is 0 Å². The molecular weight excluding hydrogens is 314 g/mol. The van der Waals surface area contributed by atoms with Crippen molar-refractivity contribution in [1.82, 2.24) is 34.5 Å². The molecule has 0 atom stereocenters. The molecule has 0 saturated carbocycles. The Morgan fingerprint density at radius 2 is 1.17 bits per heavy atom. The first-order valence-electron chi connectivity index (χ1n) is 6.85. The summed E-state index contributed by atoms with van der Waals surface area (Å²) < 4.78 is 7.68. The number of ether oxygens (including phenoxy) is 1. The van der Waals surface area contributed by atoms with Crippen molar-refractivity contribution in [2.45, 2.75) is 13.8 Å². The van der Waals surface area contributed by atoms with Gasteiger partial charge in [-0.1, -0.05) is 0 Å². The van der Waals surface area contributed by atoms with Gasteiger partial charge in [0.25, 0.3) is 11.9 Å². The number of aromatic nitrogens is 7. The van der Waals surface area contributed by atoms with Crippen LogP contribution in [0.3, 0.4) is 0 Å². The second kappa shape index (κ2) is 5.26. The first-order valence-corrected chi connectivity index (χ1v) is 6.85. The largest absolute Gasteiger partial charge is 0.467 e. The van der Waals surface area contributed by atoms with Crippen molar-refractivity contribution in [3.63, 3.8) is 0 Å². The molecule has 24 heavy (non-hydrogen) atoms. The summed E-state index contributed by atoms with van der Waals surface area (Å²) in [6, 6.07) is 0.0345. The van der Waals surface area contributed by atoms with Crippen LogP contribution in [0.4, 0.5) is 23.0 Å². The lowest BCUT2D eigenvalue weighted by atomic mass is 10.4. The zero-order valence-corrected chi connectivity index (χ0v) is 13.3. The van der Waals surface area contributed by atoms with E-state index in [0.717, 1.165) is 0 Å². The normalized spacial score (nSPS) is 11.0. The average molecular weight is 331 g/mol. The van der Waals surface area contributed by atoms with Gasteiger partial charge in [-0.15, -0.1) is 0 Å². The predicted molar refractivity (Wildman–Crippen MR) is 87.7 cm³/mol. The topological polar surface area (TPSA) is 188 Å². The third kappa shape index (κ3) is 2.20. The summed E-state index contributed by atoms with van der Waals surface area (Å²) in [6.07, 6.45) is 0. The molecule has 0 aliphatic heterocycles. The van der Waals surface area contributed by atoms with Gasteiger partial charge in [0, 0.05) is 0 Å². The number of hydrogen-bond acceptors (Lipinski definition) is 10. The Bertz CT molecular complexity index is 855. The number of aryl methyl sites for hydroxylation is 2. The predicted octanol–water partition coefficient (Wildman–Crippen LogP) is -0.803. The van der Waals surface area contributed by atoms with E-state index in [0.29, 0.717) is 22.8 Å². The number of hydrogen-bond donors (Lipinski definition) is 4. The Balaban J connectivity index is 2.22. The molecule has 0 saturated heterocycles. The van der Waals surface area contributed by atoms with E-state index in [2.05, 4.69) is 25.1 Å². The van der Waals surface area contributed by atoms with Crippen molar-refractivity contribution in [2.24, 2.45) is 0 Å². The number of anilines is 4. The van der Waals surface area contributed by atoms with Crippen LogP contribution in [-0.2, 0) is 0 Å². The second-order valence-electron chi connectivity index (χ2n) is 5.01. The summed E-state index contributed by atoms with van der Waals surface area (Å²) in [4.78, 5) is 12.5. The standard InChI is InChI=1S/C12H17N11O/c1-4-6(13)8(15)22(20-4)10-17-11(19-12(18-10)24-3)23-9(16)7(14)5(2)21-23/h13-16H2,1-3H3. The smallest absolute Gasteiger partial charge is 0.322 e. The first-order chi connectivity index (χ1) is 11.3. The molecule has 12 heteroatoms.